The van der Waals surface area contributed by atoms with Crippen LogP contribution < -0.4 is 16.2 Å². The number of ketones is 1. The molecule has 0 bridgehead atoms. The summed E-state index contributed by atoms with van der Waals surface area (Å²) in [5.41, 5.74) is 1.33. The van der Waals surface area contributed by atoms with Crippen LogP contribution in [0.1, 0.15) is 24.2 Å². The second kappa shape index (κ2) is 5.29. The summed E-state index contributed by atoms with van der Waals surface area (Å²) in [6.45, 7) is 3.15. The second-order valence-electron chi connectivity index (χ2n) is 5.33. The summed E-state index contributed by atoms with van der Waals surface area (Å²) < 4.78 is 0. The molecule has 0 saturated heterocycles. The van der Waals surface area contributed by atoms with Gasteiger partial charge in [0.1, 0.15) is 0 Å². The van der Waals surface area contributed by atoms with Crippen LogP contribution in [0.2, 0.25) is 10.0 Å². The molecule has 6 nitrogen and oxygen atoms in total. The average molecular weight is 330 g/mol. The molecular formula is C13H13Cl2N3O3. The molecule has 1 aromatic carbocycles. The number of halogens is 2. The van der Waals surface area contributed by atoms with Gasteiger partial charge in [-0.3, -0.25) is 19.8 Å². The predicted octanol–water partition coefficient (Wildman–Crippen LogP) is 1.54. The number of carbonyl (C=O) groups is 3. The number of nitrogens with one attached hydrogen (secondary N) is 1. The quantitative estimate of drug-likeness (QED) is 0.380. The number of anilines is 1. The summed E-state index contributed by atoms with van der Waals surface area (Å²) in [4.78, 5) is 37.1. The van der Waals surface area contributed by atoms with Crippen molar-refractivity contribution in [1.29, 1.82) is 0 Å². The van der Waals surface area contributed by atoms with Crippen LogP contribution >= 0.6 is 23.2 Å². The number of hydrazine groups is 1. The number of Topliss-reactive ketones (excluding diaryl/α,β-unsaturated/α-hetero) is 1. The van der Waals surface area contributed by atoms with Crippen molar-refractivity contribution in [2.45, 2.75) is 13.8 Å². The minimum Gasteiger partial charge on any atom is -0.302 e. The SMILES string of the molecule is CC(C)(CN1C(=O)C(=O)c2c(Cl)ccc(Cl)c21)C(=O)NN. The van der Waals surface area contributed by atoms with E-state index in [1.807, 2.05) is 5.43 Å². The molecule has 0 saturated carbocycles. The van der Waals surface area contributed by atoms with E-state index in [1.165, 1.54) is 17.0 Å². The first-order chi connectivity index (χ1) is 9.70. The number of nitrogens with zero attached hydrogens (tertiary/aromatic N) is 1. The van der Waals surface area contributed by atoms with Crippen molar-refractivity contribution < 1.29 is 14.4 Å². The van der Waals surface area contributed by atoms with Gasteiger partial charge < -0.3 is 4.90 Å². The molecule has 1 aromatic rings. The molecule has 1 heterocycles. The Morgan fingerprint density at radius 2 is 1.86 bits per heavy atom. The van der Waals surface area contributed by atoms with Gasteiger partial charge in [0.25, 0.3) is 11.7 Å². The fourth-order valence-electron chi connectivity index (χ4n) is 2.17. The van der Waals surface area contributed by atoms with Gasteiger partial charge in [0, 0.05) is 6.54 Å². The van der Waals surface area contributed by atoms with E-state index in [4.69, 9.17) is 29.0 Å². The van der Waals surface area contributed by atoms with Gasteiger partial charge in [-0.1, -0.05) is 23.2 Å². The number of amides is 2. The van der Waals surface area contributed by atoms with E-state index in [0.717, 1.165) is 0 Å². The molecule has 0 aliphatic carbocycles. The Labute approximate surface area is 131 Å². The smallest absolute Gasteiger partial charge is 0.299 e. The highest BCUT2D eigenvalue weighted by molar-refractivity contribution is 6.57. The Kier molecular flexibility index (Phi) is 3.97. The van der Waals surface area contributed by atoms with Crippen molar-refractivity contribution >= 4 is 46.5 Å². The van der Waals surface area contributed by atoms with Gasteiger partial charge in [-0.25, -0.2) is 5.84 Å². The van der Waals surface area contributed by atoms with E-state index in [0.29, 0.717) is 0 Å². The lowest BCUT2D eigenvalue weighted by molar-refractivity contribution is -0.129. The maximum atomic E-state index is 12.2. The van der Waals surface area contributed by atoms with E-state index < -0.39 is 23.0 Å². The molecule has 1 aliphatic heterocycles. The van der Waals surface area contributed by atoms with Gasteiger partial charge >= 0.3 is 0 Å². The zero-order valence-electron chi connectivity index (χ0n) is 11.4. The van der Waals surface area contributed by atoms with Gasteiger partial charge in [-0.15, -0.1) is 0 Å². The lowest BCUT2D eigenvalue weighted by Gasteiger charge is -2.28. The molecule has 0 spiro atoms. The molecular weight excluding hydrogens is 317 g/mol. The highest BCUT2D eigenvalue weighted by Gasteiger charge is 2.43. The minimum atomic E-state index is -1.00. The van der Waals surface area contributed by atoms with Crippen LogP contribution in [0.5, 0.6) is 0 Å². The highest BCUT2D eigenvalue weighted by Crippen LogP contribution is 2.41. The fourth-order valence-corrected chi connectivity index (χ4v) is 2.66. The fraction of sp³-hybridized carbons (Fsp3) is 0.308. The van der Waals surface area contributed by atoms with Gasteiger partial charge in [-0.2, -0.15) is 0 Å². The number of hydrogen-bond acceptors (Lipinski definition) is 4. The number of rotatable bonds is 3. The second-order valence-corrected chi connectivity index (χ2v) is 6.14. The van der Waals surface area contributed by atoms with Gasteiger partial charge in [-0.05, 0) is 26.0 Å². The number of fused-ring (bicyclic) bond motifs is 1. The number of hydrogen-bond donors (Lipinski definition) is 2. The molecule has 21 heavy (non-hydrogen) atoms. The summed E-state index contributed by atoms with van der Waals surface area (Å²) >= 11 is 12.0. The number of benzene rings is 1. The van der Waals surface area contributed by atoms with E-state index in [-0.39, 0.29) is 27.8 Å². The third-order valence-electron chi connectivity index (χ3n) is 3.31. The van der Waals surface area contributed by atoms with Crippen LogP contribution in [0.15, 0.2) is 12.1 Å². The summed E-state index contributed by atoms with van der Waals surface area (Å²) in [6.07, 6.45) is 0. The Morgan fingerprint density at radius 1 is 1.29 bits per heavy atom. The molecule has 0 fully saturated rings. The van der Waals surface area contributed by atoms with E-state index >= 15 is 0 Å². The van der Waals surface area contributed by atoms with Crippen molar-refractivity contribution in [3.05, 3.63) is 27.7 Å². The molecule has 112 valence electrons. The molecule has 0 unspecified atom stereocenters. The standard InChI is InChI=1S/C13H13Cl2N3O3/c1-13(2,12(21)17-16)5-18-9-7(15)4-3-6(14)8(9)10(19)11(18)20/h3-4H,5,16H2,1-2H3,(H,17,21). The Balaban J connectivity index is 2.50. The Bertz CT molecular complexity index is 658. The van der Waals surface area contributed by atoms with Crippen LogP contribution in [-0.2, 0) is 9.59 Å². The first-order valence-electron chi connectivity index (χ1n) is 6.06. The maximum Gasteiger partial charge on any atom is 0.299 e. The molecule has 8 heteroatoms. The van der Waals surface area contributed by atoms with Crippen LogP contribution in [0.4, 0.5) is 5.69 Å². The van der Waals surface area contributed by atoms with Crippen LogP contribution in [0.25, 0.3) is 0 Å². The van der Waals surface area contributed by atoms with E-state index in [1.54, 1.807) is 13.8 Å². The van der Waals surface area contributed by atoms with Crippen LogP contribution in [0, 0.1) is 5.41 Å². The van der Waals surface area contributed by atoms with Crippen LogP contribution in [0.3, 0.4) is 0 Å². The van der Waals surface area contributed by atoms with Crippen molar-refractivity contribution in [2.75, 3.05) is 11.4 Å². The largest absolute Gasteiger partial charge is 0.302 e. The van der Waals surface area contributed by atoms with Crippen molar-refractivity contribution in [3.8, 4) is 0 Å². The molecule has 3 N–H and O–H groups in total. The van der Waals surface area contributed by atoms with Crippen molar-refractivity contribution in [3.63, 3.8) is 0 Å². The summed E-state index contributed by atoms with van der Waals surface area (Å²) in [5, 5.41) is 0.369. The van der Waals surface area contributed by atoms with Gasteiger partial charge in [0.15, 0.2) is 0 Å². The molecule has 2 amide bonds. The zero-order chi connectivity index (χ0) is 15.9. The van der Waals surface area contributed by atoms with Gasteiger partial charge in [0.05, 0.1) is 26.7 Å². The lowest BCUT2D eigenvalue weighted by Crippen LogP contribution is -2.48. The summed E-state index contributed by atoms with van der Waals surface area (Å²) in [5.74, 6) is 3.16. The topological polar surface area (TPSA) is 92.5 Å². The third kappa shape index (κ3) is 2.50. The van der Waals surface area contributed by atoms with E-state index in [9.17, 15) is 14.4 Å². The Hall–Kier alpha value is -1.63. The van der Waals surface area contributed by atoms with Crippen molar-refractivity contribution in [1.82, 2.24) is 5.43 Å². The first-order valence-corrected chi connectivity index (χ1v) is 6.81. The molecule has 1 aliphatic rings. The Morgan fingerprint density at radius 3 is 2.43 bits per heavy atom. The maximum absolute atomic E-state index is 12.2. The summed E-state index contributed by atoms with van der Waals surface area (Å²) in [6, 6.07) is 2.95. The normalized spacial score (nSPS) is 14.4. The molecule has 0 atom stereocenters. The molecule has 0 aromatic heterocycles. The lowest BCUT2D eigenvalue weighted by atomic mass is 9.91. The van der Waals surface area contributed by atoms with Crippen LogP contribution in [-0.4, -0.2) is 24.1 Å². The zero-order valence-corrected chi connectivity index (χ0v) is 12.9. The van der Waals surface area contributed by atoms with Gasteiger partial charge in [0.2, 0.25) is 5.91 Å². The summed E-state index contributed by atoms with van der Waals surface area (Å²) in [7, 11) is 0. The minimum absolute atomic E-state index is 0.0479. The number of carbonyl (C=O) groups excluding carboxylic acids is 3. The molecule has 0 radical (unpaired) electrons. The average Bonchev–Trinajstić information content (AvgIpc) is 2.67. The predicted molar refractivity (Wildman–Crippen MR) is 79.3 cm³/mol. The third-order valence-corrected chi connectivity index (χ3v) is 3.93. The van der Waals surface area contributed by atoms with Crippen molar-refractivity contribution in [2.24, 2.45) is 11.3 Å². The highest BCUT2D eigenvalue weighted by atomic mass is 35.5. The van der Waals surface area contributed by atoms with E-state index in [2.05, 4.69) is 0 Å². The first kappa shape index (κ1) is 15.8. The monoisotopic (exact) mass is 329 g/mol. The number of nitrogens with two attached hydrogens (primary N) is 1. The molecule has 2 rings (SSSR count).